The molecule has 0 fully saturated rings. The molecule has 1 N–H and O–H groups in total. The molecule has 88 valence electrons. The van der Waals surface area contributed by atoms with E-state index in [1.54, 1.807) is 31.2 Å². The van der Waals surface area contributed by atoms with Crippen LogP contribution in [0.4, 0.5) is 0 Å². The van der Waals surface area contributed by atoms with Crippen LogP contribution >= 0.6 is 11.6 Å². The number of esters is 1. The Morgan fingerprint density at radius 2 is 2.12 bits per heavy atom. The number of ether oxygens (including phenoxy) is 1. The van der Waals surface area contributed by atoms with Crippen molar-refractivity contribution in [2.45, 2.75) is 6.92 Å². The molecule has 3 nitrogen and oxygen atoms in total. The van der Waals surface area contributed by atoms with E-state index in [0.717, 1.165) is 5.39 Å². The van der Waals surface area contributed by atoms with Crippen LogP contribution < -0.4 is 0 Å². The number of phenolic OH excluding ortho intramolecular Hbond substituents is 1. The molecule has 2 aromatic rings. The Morgan fingerprint density at radius 3 is 2.82 bits per heavy atom. The topological polar surface area (TPSA) is 46.5 Å². The highest BCUT2D eigenvalue weighted by atomic mass is 35.5. The largest absolute Gasteiger partial charge is 0.506 e. The maximum absolute atomic E-state index is 11.5. The minimum absolute atomic E-state index is 0.0306. The number of hydrogen-bond acceptors (Lipinski definition) is 3. The van der Waals surface area contributed by atoms with Crippen LogP contribution in [0.15, 0.2) is 30.3 Å². The number of rotatable bonds is 2. The molecule has 17 heavy (non-hydrogen) atoms. The van der Waals surface area contributed by atoms with Gasteiger partial charge in [0.1, 0.15) is 5.75 Å². The molecule has 2 aromatic carbocycles. The number of halogens is 1. The lowest BCUT2D eigenvalue weighted by molar-refractivity contribution is 0.0526. The predicted octanol–water partition coefficient (Wildman–Crippen LogP) is 3.38. The first-order valence-electron chi connectivity index (χ1n) is 5.22. The molecule has 0 aliphatic heterocycles. The van der Waals surface area contributed by atoms with Gasteiger partial charge in [-0.05, 0) is 30.5 Å². The van der Waals surface area contributed by atoms with Gasteiger partial charge in [0.05, 0.1) is 17.2 Å². The molecule has 0 bridgehead atoms. The van der Waals surface area contributed by atoms with Crippen LogP contribution in [0.5, 0.6) is 5.75 Å². The number of aromatic hydroxyl groups is 1. The van der Waals surface area contributed by atoms with Crippen LogP contribution in [0.1, 0.15) is 17.3 Å². The summed E-state index contributed by atoms with van der Waals surface area (Å²) >= 11 is 5.95. The summed E-state index contributed by atoms with van der Waals surface area (Å²) in [6.07, 6.45) is 0. The first-order valence-corrected chi connectivity index (χ1v) is 5.59. The van der Waals surface area contributed by atoms with Crippen LogP contribution in [0.3, 0.4) is 0 Å². The summed E-state index contributed by atoms with van der Waals surface area (Å²) in [7, 11) is 0. The molecule has 0 radical (unpaired) electrons. The minimum Gasteiger partial charge on any atom is -0.506 e. The van der Waals surface area contributed by atoms with Gasteiger partial charge in [0.2, 0.25) is 0 Å². The van der Waals surface area contributed by atoms with Crippen LogP contribution in [-0.2, 0) is 4.74 Å². The van der Waals surface area contributed by atoms with Gasteiger partial charge in [-0.2, -0.15) is 0 Å². The number of fused-ring (bicyclic) bond motifs is 1. The molecule has 0 unspecified atom stereocenters. The second-order valence-electron chi connectivity index (χ2n) is 3.56. The van der Waals surface area contributed by atoms with Crippen LogP contribution in [0, 0.1) is 0 Å². The van der Waals surface area contributed by atoms with E-state index in [4.69, 9.17) is 16.3 Å². The Balaban J connectivity index is 2.52. The number of phenols is 1. The monoisotopic (exact) mass is 250 g/mol. The van der Waals surface area contributed by atoms with Crippen molar-refractivity contribution in [1.82, 2.24) is 0 Å². The van der Waals surface area contributed by atoms with E-state index in [9.17, 15) is 9.90 Å². The van der Waals surface area contributed by atoms with E-state index < -0.39 is 0 Å². The van der Waals surface area contributed by atoms with Crippen molar-refractivity contribution >= 4 is 28.3 Å². The molecule has 0 spiro atoms. The van der Waals surface area contributed by atoms with E-state index in [-0.39, 0.29) is 16.7 Å². The second kappa shape index (κ2) is 4.63. The van der Waals surface area contributed by atoms with E-state index in [2.05, 4.69) is 0 Å². The highest BCUT2D eigenvalue weighted by Crippen LogP contribution is 2.32. The summed E-state index contributed by atoms with van der Waals surface area (Å²) < 4.78 is 4.91. The molecule has 0 saturated heterocycles. The van der Waals surface area contributed by atoms with Crippen molar-refractivity contribution in [2.24, 2.45) is 0 Å². The molecular formula is C13H11ClO3. The summed E-state index contributed by atoms with van der Waals surface area (Å²) in [5.74, 6) is -0.332. The van der Waals surface area contributed by atoms with Gasteiger partial charge < -0.3 is 9.84 Å². The third kappa shape index (κ3) is 2.19. The van der Waals surface area contributed by atoms with Gasteiger partial charge in [-0.3, -0.25) is 0 Å². The van der Waals surface area contributed by atoms with E-state index in [1.807, 2.05) is 0 Å². The highest BCUT2D eigenvalue weighted by molar-refractivity contribution is 6.37. The van der Waals surface area contributed by atoms with E-state index in [1.165, 1.54) is 6.07 Å². The third-order valence-corrected chi connectivity index (χ3v) is 2.84. The molecule has 0 atom stereocenters. The zero-order valence-corrected chi connectivity index (χ0v) is 9.99. The van der Waals surface area contributed by atoms with E-state index >= 15 is 0 Å². The maximum Gasteiger partial charge on any atom is 0.338 e. The Morgan fingerprint density at radius 1 is 1.35 bits per heavy atom. The van der Waals surface area contributed by atoms with Gasteiger partial charge in [0.15, 0.2) is 0 Å². The molecule has 0 saturated carbocycles. The SMILES string of the molecule is CCOC(=O)c1ccc2c(Cl)c(O)ccc2c1. The van der Waals surface area contributed by atoms with Crippen molar-refractivity contribution in [2.75, 3.05) is 6.61 Å². The lowest BCUT2D eigenvalue weighted by Gasteiger charge is -2.05. The lowest BCUT2D eigenvalue weighted by atomic mass is 10.1. The predicted molar refractivity (Wildman–Crippen MR) is 66.6 cm³/mol. The molecular weight excluding hydrogens is 240 g/mol. The molecule has 0 aromatic heterocycles. The maximum atomic E-state index is 11.5. The summed E-state index contributed by atoms with van der Waals surface area (Å²) in [6, 6.07) is 8.23. The minimum atomic E-state index is -0.362. The van der Waals surface area contributed by atoms with Crippen LogP contribution in [0.25, 0.3) is 10.8 Å². The van der Waals surface area contributed by atoms with Crippen LogP contribution in [-0.4, -0.2) is 17.7 Å². The van der Waals surface area contributed by atoms with Crippen molar-refractivity contribution in [3.8, 4) is 5.75 Å². The zero-order chi connectivity index (χ0) is 12.4. The smallest absolute Gasteiger partial charge is 0.338 e. The Kier molecular flexibility index (Phi) is 3.20. The number of carbonyl (C=O) groups is 1. The van der Waals surface area contributed by atoms with Crippen molar-refractivity contribution < 1.29 is 14.6 Å². The molecule has 0 amide bonds. The molecule has 4 heteroatoms. The number of hydrogen-bond donors (Lipinski definition) is 1. The second-order valence-corrected chi connectivity index (χ2v) is 3.93. The summed E-state index contributed by atoms with van der Waals surface area (Å²) in [5.41, 5.74) is 0.473. The van der Waals surface area contributed by atoms with Gasteiger partial charge in [-0.25, -0.2) is 4.79 Å². The fourth-order valence-electron chi connectivity index (χ4n) is 1.62. The third-order valence-electron chi connectivity index (χ3n) is 2.44. The van der Waals surface area contributed by atoms with Crippen LogP contribution in [0.2, 0.25) is 5.02 Å². The lowest BCUT2D eigenvalue weighted by Crippen LogP contribution is -2.04. The van der Waals surface area contributed by atoms with Gasteiger partial charge >= 0.3 is 5.97 Å². The average molecular weight is 251 g/mol. The summed E-state index contributed by atoms with van der Waals surface area (Å²) in [4.78, 5) is 11.5. The molecule has 2 rings (SSSR count). The Hall–Kier alpha value is -1.74. The average Bonchev–Trinajstić information content (AvgIpc) is 2.34. The fraction of sp³-hybridized carbons (Fsp3) is 0.154. The van der Waals surface area contributed by atoms with E-state index in [0.29, 0.717) is 17.6 Å². The van der Waals surface area contributed by atoms with Gasteiger partial charge in [-0.15, -0.1) is 0 Å². The highest BCUT2D eigenvalue weighted by Gasteiger charge is 2.09. The molecule has 0 aliphatic carbocycles. The first-order chi connectivity index (χ1) is 8.13. The molecule has 0 aliphatic rings. The summed E-state index contributed by atoms with van der Waals surface area (Å²) in [5, 5.41) is 11.2. The zero-order valence-electron chi connectivity index (χ0n) is 9.24. The number of carbonyl (C=O) groups excluding carboxylic acids is 1. The van der Waals surface area contributed by atoms with Gasteiger partial charge in [0, 0.05) is 5.39 Å². The normalized spacial score (nSPS) is 10.5. The van der Waals surface area contributed by atoms with Crippen molar-refractivity contribution in [1.29, 1.82) is 0 Å². The number of benzene rings is 2. The fourth-order valence-corrected chi connectivity index (χ4v) is 1.86. The Labute approximate surface area is 104 Å². The van der Waals surface area contributed by atoms with Crippen molar-refractivity contribution in [3.05, 3.63) is 40.9 Å². The Bertz CT molecular complexity index is 578. The molecule has 0 heterocycles. The van der Waals surface area contributed by atoms with Crippen molar-refractivity contribution in [3.63, 3.8) is 0 Å². The standard InChI is InChI=1S/C13H11ClO3/c1-2-17-13(16)9-3-5-10-8(7-9)4-6-11(15)12(10)14/h3-7,15H,2H2,1H3. The van der Waals surface area contributed by atoms with Gasteiger partial charge in [-0.1, -0.05) is 23.7 Å². The van der Waals surface area contributed by atoms with Gasteiger partial charge in [0.25, 0.3) is 0 Å². The quantitative estimate of drug-likeness (QED) is 0.832. The summed E-state index contributed by atoms with van der Waals surface area (Å²) in [6.45, 7) is 2.10. The first kappa shape index (κ1) is 11.7.